The highest BCUT2D eigenvalue weighted by Gasteiger charge is 2.26. The Bertz CT molecular complexity index is 1430. The zero-order chi connectivity index (χ0) is 24.5. The first-order valence-corrected chi connectivity index (χ1v) is 12.3. The summed E-state index contributed by atoms with van der Waals surface area (Å²) in [7, 11) is 0. The average Bonchev–Trinajstić information content (AvgIpc) is 3.57. The maximum Gasteiger partial charge on any atom is 0.252 e. The van der Waals surface area contributed by atoms with Gasteiger partial charge in [0.2, 0.25) is 0 Å². The Hall–Kier alpha value is -3.79. The molecule has 1 N–H and O–H groups in total. The third-order valence-electron chi connectivity index (χ3n) is 6.99. The fourth-order valence-electron chi connectivity index (χ4n) is 5.11. The second-order valence-electron chi connectivity index (χ2n) is 9.43. The number of rotatable bonds is 7. The molecular formula is C26H27FN6O3. The Morgan fingerprint density at radius 2 is 1.78 bits per heavy atom. The van der Waals surface area contributed by atoms with Crippen molar-refractivity contribution in [2.75, 3.05) is 13.2 Å². The highest BCUT2D eigenvalue weighted by atomic mass is 19.1. The Morgan fingerprint density at radius 1 is 1.03 bits per heavy atom. The van der Waals surface area contributed by atoms with Gasteiger partial charge < -0.3 is 14.5 Å². The standard InChI is InChI=1S/C26H27FN6O3/c27-20-7-5-17(6-8-20)14-33-25(29-30-31-33)16-32(21-3-1-2-4-21)15-19-11-18-12-23-24(36-10-9-35-23)13-22(18)28-26(19)34/h5-8,11-13,21H,1-4,9-10,14-16H2,(H,28,34). The SMILES string of the molecule is O=c1[nH]c2cc3c(cc2cc1CN(Cc1nnnn1Cc1ccc(F)cc1)C1CCCC1)OCCO3. The molecule has 2 aromatic heterocycles. The van der Waals surface area contributed by atoms with Crippen LogP contribution in [0.5, 0.6) is 11.5 Å². The molecular weight excluding hydrogens is 463 g/mol. The lowest BCUT2D eigenvalue weighted by molar-refractivity contribution is 0.171. The quantitative estimate of drug-likeness (QED) is 0.424. The minimum absolute atomic E-state index is 0.118. The molecule has 186 valence electrons. The number of fused-ring (bicyclic) bond motifs is 2. The molecule has 2 aliphatic rings. The van der Waals surface area contributed by atoms with Crippen LogP contribution in [0.4, 0.5) is 4.39 Å². The van der Waals surface area contributed by atoms with Crippen molar-refractivity contribution in [2.45, 2.75) is 51.4 Å². The molecule has 1 aliphatic carbocycles. The fraction of sp³-hybridized carbons (Fsp3) is 0.385. The van der Waals surface area contributed by atoms with Crippen molar-refractivity contribution < 1.29 is 13.9 Å². The monoisotopic (exact) mass is 490 g/mol. The molecule has 1 aliphatic heterocycles. The largest absolute Gasteiger partial charge is 0.486 e. The molecule has 1 fully saturated rings. The molecule has 6 rings (SSSR count). The van der Waals surface area contributed by atoms with Crippen LogP contribution in [-0.2, 0) is 19.6 Å². The lowest BCUT2D eigenvalue weighted by atomic mass is 10.1. The van der Waals surface area contributed by atoms with E-state index in [1.165, 1.54) is 25.0 Å². The Kier molecular flexibility index (Phi) is 6.10. The van der Waals surface area contributed by atoms with Crippen LogP contribution in [0.1, 0.15) is 42.6 Å². The van der Waals surface area contributed by atoms with Gasteiger partial charge >= 0.3 is 0 Å². The number of halogens is 1. The van der Waals surface area contributed by atoms with E-state index in [9.17, 15) is 9.18 Å². The molecule has 4 aromatic rings. The van der Waals surface area contributed by atoms with E-state index in [4.69, 9.17) is 9.47 Å². The maximum atomic E-state index is 13.3. The van der Waals surface area contributed by atoms with Crippen LogP contribution in [0.25, 0.3) is 10.9 Å². The van der Waals surface area contributed by atoms with Crippen molar-refractivity contribution in [2.24, 2.45) is 0 Å². The van der Waals surface area contributed by atoms with E-state index < -0.39 is 0 Å². The molecule has 1 saturated carbocycles. The van der Waals surface area contributed by atoms with Gasteiger partial charge in [-0.2, -0.15) is 0 Å². The first-order valence-electron chi connectivity index (χ1n) is 12.3. The number of benzene rings is 2. The number of ether oxygens (including phenoxy) is 2. The van der Waals surface area contributed by atoms with E-state index in [1.54, 1.807) is 16.8 Å². The molecule has 0 amide bonds. The van der Waals surface area contributed by atoms with Crippen LogP contribution < -0.4 is 15.0 Å². The molecule has 0 saturated heterocycles. The van der Waals surface area contributed by atoms with Crippen LogP contribution in [0, 0.1) is 5.82 Å². The molecule has 9 nitrogen and oxygen atoms in total. The molecule has 0 bridgehead atoms. The number of hydrogen-bond donors (Lipinski definition) is 1. The van der Waals surface area contributed by atoms with E-state index in [0.717, 1.165) is 29.3 Å². The zero-order valence-corrected chi connectivity index (χ0v) is 19.8. The summed E-state index contributed by atoms with van der Waals surface area (Å²) in [6, 6.07) is 12.4. The van der Waals surface area contributed by atoms with Crippen LogP contribution in [0.2, 0.25) is 0 Å². The van der Waals surface area contributed by atoms with E-state index in [2.05, 4.69) is 25.4 Å². The highest BCUT2D eigenvalue weighted by molar-refractivity contribution is 5.83. The summed E-state index contributed by atoms with van der Waals surface area (Å²) in [5.74, 6) is 1.78. The van der Waals surface area contributed by atoms with Crippen molar-refractivity contribution in [1.82, 2.24) is 30.1 Å². The van der Waals surface area contributed by atoms with Gasteiger partial charge in [-0.1, -0.05) is 25.0 Å². The predicted molar refractivity (Wildman–Crippen MR) is 130 cm³/mol. The van der Waals surface area contributed by atoms with E-state index in [-0.39, 0.29) is 11.4 Å². The Balaban J connectivity index is 1.28. The zero-order valence-electron chi connectivity index (χ0n) is 19.8. The molecule has 10 heteroatoms. The normalized spacial score (nSPS) is 15.7. The molecule has 0 radical (unpaired) electrons. The molecule has 0 atom stereocenters. The predicted octanol–water partition coefficient (Wildman–Crippen LogP) is 3.42. The van der Waals surface area contributed by atoms with E-state index in [0.29, 0.717) is 61.8 Å². The number of pyridine rings is 1. The van der Waals surface area contributed by atoms with Gasteiger partial charge in [-0.05, 0) is 53.1 Å². The first-order chi connectivity index (χ1) is 17.6. The number of H-pyrrole nitrogens is 1. The van der Waals surface area contributed by atoms with Crippen molar-refractivity contribution >= 4 is 10.9 Å². The number of hydrogen-bond acceptors (Lipinski definition) is 7. The van der Waals surface area contributed by atoms with Gasteiger partial charge in [0.05, 0.1) is 18.6 Å². The van der Waals surface area contributed by atoms with Crippen molar-refractivity contribution in [1.29, 1.82) is 0 Å². The van der Waals surface area contributed by atoms with Gasteiger partial charge in [0, 0.05) is 29.6 Å². The Morgan fingerprint density at radius 3 is 2.56 bits per heavy atom. The van der Waals surface area contributed by atoms with Crippen molar-refractivity contribution in [3.8, 4) is 11.5 Å². The summed E-state index contributed by atoms with van der Waals surface area (Å²) in [6.45, 7) is 2.45. The molecule has 0 spiro atoms. The molecule has 36 heavy (non-hydrogen) atoms. The summed E-state index contributed by atoms with van der Waals surface area (Å²) < 4.78 is 26.4. The first kappa shape index (κ1) is 22.7. The number of aromatic amines is 1. The van der Waals surface area contributed by atoms with E-state index in [1.807, 2.05) is 18.2 Å². The minimum atomic E-state index is -0.275. The summed E-state index contributed by atoms with van der Waals surface area (Å²) in [5, 5.41) is 13.2. The van der Waals surface area contributed by atoms with Gasteiger partial charge in [-0.25, -0.2) is 9.07 Å². The number of nitrogens with one attached hydrogen (secondary N) is 1. The molecule has 3 heterocycles. The summed E-state index contributed by atoms with van der Waals surface area (Å²) in [4.78, 5) is 18.4. The number of tetrazole rings is 1. The fourth-order valence-corrected chi connectivity index (χ4v) is 5.11. The minimum Gasteiger partial charge on any atom is -0.486 e. The second-order valence-corrected chi connectivity index (χ2v) is 9.43. The Labute approximate surface area is 206 Å². The van der Waals surface area contributed by atoms with Crippen molar-refractivity contribution in [3.63, 3.8) is 0 Å². The second kappa shape index (κ2) is 9.69. The van der Waals surface area contributed by atoms with Crippen molar-refractivity contribution in [3.05, 3.63) is 75.6 Å². The van der Waals surface area contributed by atoms with Gasteiger partial charge in [0.25, 0.3) is 5.56 Å². The van der Waals surface area contributed by atoms with Crippen LogP contribution in [0.3, 0.4) is 0 Å². The highest BCUT2D eigenvalue weighted by Crippen LogP contribution is 2.34. The lowest BCUT2D eigenvalue weighted by Crippen LogP contribution is -2.35. The van der Waals surface area contributed by atoms with Gasteiger partial charge in [0.15, 0.2) is 17.3 Å². The van der Waals surface area contributed by atoms with Crippen LogP contribution >= 0.6 is 0 Å². The maximum absolute atomic E-state index is 13.3. The third kappa shape index (κ3) is 4.68. The number of nitrogens with zero attached hydrogens (tertiary/aromatic N) is 5. The van der Waals surface area contributed by atoms with Gasteiger partial charge in [0.1, 0.15) is 19.0 Å². The molecule has 2 aromatic carbocycles. The summed E-state index contributed by atoms with van der Waals surface area (Å²) in [6.07, 6.45) is 4.48. The van der Waals surface area contributed by atoms with E-state index >= 15 is 0 Å². The summed E-state index contributed by atoms with van der Waals surface area (Å²) >= 11 is 0. The topological polar surface area (TPSA) is 98.2 Å². The number of aromatic nitrogens is 5. The van der Waals surface area contributed by atoms with Gasteiger partial charge in [-0.15, -0.1) is 5.10 Å². The molecule has 0 unspecified atom stereocenters. The lowest BCUT2D eigenvalue weighted by Gasteiger charge is -2.28. The van der Waals surface area contributed by atoms with Crippen LogP contribution in [0.15, 0.2) is 47.3 Å². The smallest absolute Gasteiger partial charge is 0.252 e. The summed E-state index contributed by atoms with van der Waals surface area (Å²) in [5.41, 5.74) is 2.21. The average molecular weight is 491 g/mol. The van der Waals surface area contributed by atoms with Crippen LogP contribution in [-0.4, -0.2) is 49.3 Å². The third-order valence-corrected chi connectivity index (χ3v) is 6.99. The van der Waals surface area contributed by atoms with Gasteiger partial charge in [-0.3, -0.25) is 9.69 Å².